The van der Waals surface area contributed by atoms with Gasteiger partial charge >= 0.3 is 0 Å². The molecule has 2 rings (SSSR count). The summed E-state index contributed by atoms with van der Waals surface area (Å²) in [6.07, 6.45) is 0. The first-order chi connectivity index (χ1) is 5.68. The quantitative estimate of drug-likeness (QED) is 0.755. The summed E-state index contributed by atoms with van der Waals surface area (Å²) in [5.74, 6) is -0.211. The van der Waals surface area contributed by atoms with Crippen molar-refractivity contribution in [2.75, 3.05) is 0 Å². The Kier molecular flexibility index (Phi) is 1.81. The van der Waals surface area contributed by atoms with Crippen molar-refractivity contribution in [2.45, 2.75) is 0 Å². The molecule has 0 amide bonds. The number of halogens is 2. The monoisotopic (exact) mass is 246 g/mol. The fourth-order valence-electron chi connectivity index (χ4n) is 1.03. The smallest absolute Gasteiger partial charge is 0.148 e. The molecule has 1 N–H and O–H groups in total. The zero-order valence-electron chi connectivity index (χ0n) is 5.84. The van der Waals surface area contributed by atoms with E-state index in [-0.39, 0.29) is 11.6 Å². The summed E-state index contributed by atoms with van der Waals surface area (Å²) in [4.78, 5) is 0. The molecule has 62 valence electrons. The molecule has 12 heavy (non-hydrogen) atoms. The van der Waals surface area contributed by atoms with Crippen LogP contribution in [0.25, 0.3) is 10.1 Å². The van der Waals surface area contributed by atoms with Crippen LogP contribution in [-0.4, -0.2) is 5.11 Å². The lowest BCUT2D eigenvalue weighted by atomic mass is 10.2. The molecule has 1 nitrogen and oxygen atoms in total. The van der Waals surface area contributed by atoms with Crippen LogP contribution in [0.1, 0.15) is 0 Å². The first-order valence-corrected chi connectivity index (χ1v) is 4.86. The molecular formula is C8H4BrFOS. The molecular weight excluding hydrogens is 243 g/mol. The molecule has 2 aromatic rings. The highest BCUT2D eigenvalue weighted by Gasteiger charge is 2.08. The van der Waals surface area contributed by atoms with Gasteiger partial charge in [-0.3, -0.25) is 0 Å². The zero-order chi connectivity index (χ0) is 8.72. The van der Waals surface area contributed by atoms with Crippen LogP contribution < -0.4 is 0 Å². The van der Waals surface area contributed by atoms with Crippen molar-refractivity contribution >= 4 is 37.4 Å². The SMILES string of the molecule is Oc1c(Br)sc2ccc(F)cc12. The van der Waals surface area contributed by atoms with E-state index in [0.717, 1.165) is 4.70 Å². The maximum atomic E-state index is 12.7. The van der Waals surface area contributed by atoms with E-state index in [9.17, 15) is 9.50 Å². The highest BCUT2D eigenvalue weighted by Crippen LogP contribution is 2.40. The van der Waals surface area contributed by atoms with Gasteiger partial charge in [-0.1, -0.05) is 0 Å². The van der Waals surface area contributed by atoms with E-state index in [1.165, 1.54) is 23.5 Å². The molecule has 4 heteroatoms. The third-order valence-electron chi connectivity index (χ3n) is 1.58. The third kappa shape index (κ3) is 1.11. The number of fused-ring (bicyclic) bond motifs is 1. The Balaban J connectivity index is 2.88. The van der Waals surface area contributed by atoms with Gasteiger partial charge in [0.1, 0.15) is 15.4 Å². The lowest BCUT2D eigenvalue weighted by Crippen LogP contribution is -1.69. The summed E-state index contributed by atoms with van der Waals surface area (Å²) in [5, 5.41) is 9.98. The molecule has 0 saturated heterocycles. The summed E-state index contributed by atoms with van der Waals surface area (Å²) in [6, 6.07) is 4.36. The second-order valence-electron chi connectivity index (χ2n) is 2.36. The van der Waals surface area contributed by atoms with Gasteiger partial charge in [0.15, 0.2) is 0 Å². The summed E-state index contributed by atoms with van der Waals surface area (Å²) in [5.41, 5.74) is 0. The minimum Gasteiger partial charge on any atom is -0.505 e. The first kappa shape index (κ1) is 8.01. The summed E-state index contributed by atoms with van der Waals surface area (Å²) in [7, 11) is 0. The van der Waals surface area contributed by atoms with Crippen LogP contribution in [0.15, 0.2) is 22.0 Å². The molecule has 0 atom stereocenters. The Morgan fingerprint density at radius 1 is 1.42 bits per heavy atom. The fraction of sp³-hybridized carbons (Fsp3) is 0. The Labute approximate surface area is 80.6 Å². The molecule has 1 aromatic carbocycles. The minimum absolute atomic E-state index is 0.120. The Hall–Kier alpha value is -0.610. The molecule has 0 aliphatic rings. The minimum atomic E-state index is -0.330. The predicted octanol–water partition coefficient (Wildman–Crippen LogP) is 3.51. The molecule has 0 radical (unpaired) electrons. The maximum Gasteiger partial charge on any atom is 0.148 e. The highest BCUT2D eigenvalue weighted by molar-refractivity contribution is 9.11. The van der Waals surface area contributed by atoms with Gasteiger partial charge < -0.3 is 5.11 Å². The van der Waals surface area contributed by atoms with Gasteiger partial charge in [-0.25, -0.2) is 4.39 Å². The summed E-state index contributed by atoms with van der Waals surface area (Å²) < 4.78 is 14.2. The molecule has 0 aliphatic heterocycles. The lowest BCUT2D eigenvalue weighted by Gasteiger charge is -1.89. The first-order valence-electron chi connectivity index (χ1n) is 3.25. The van der Waals surface area contributed by atoms with Gasteiger partial charge in [0.25, 0.3) is 0 Å². The molecule has 0 saturated carbocycles. The number of hydrogen-bond acceptors (Lipinski definition) is 2. The Morgan fingerprint density at radius 2 is 2.17 bits per heavy atom. The van der Waals surface area contributed by atoms with Crippen molar-refractivity contribution in [3.8, 4) is 5.75 Å². The number of rotatable bonds is 0. The second-order valence-corrected chi connectivity index (χ2v) is 4.73. The van der Waals surface area contributed by atoms with Crippen molar-refractivity contribution < 1.29 is 9.50 Å². The Bertz CT molecular complexity index is 438. The van der Waals surface area contributed by atoms with Crippen molar-refractivity contribution in [1.29, 1.82) is 0 Å². The van der Waals surface area contributed by atoms with Gasteiger partial charge in [0.2, 0.25) is 0 Å². The van der Waals surface area contributed by atoms with Gasteiger partial charge in [-0.2, -0.15) is 0 Å². The maximum absolute atomic E-state index is 12.7. The largest absolute Gasteiger partial charge is 0.505 e. The molecule has 0 spiro atoms. The van der Waals surface area contributed by atoms with Crippen LogP contribution in [0.5, 0.6) is 5.75 Å². The number of thiophene rings is 1. The molecule has 0 bridgehead atoms. The van der Waals surface area contributed by atoms with Gasteiger partial charge in [0.05, 0.1) is 0 Å². The van der Waals surface area contributed by atoms with Crippen LogP contribution >= 0.6 is 27.3 Å². The Morgan fingerprint density at radius 3 is 2.92 bits per heavy atom. The molecule has 0 aliphatic carbocycles. The topological polar surface area (TPSA) is 20.2 Å². The van der Waals surface area contributed by atoms with E-state index in [2.05, 4.69) is 15.9 Å². The normalized spacial score (nSPS) is 10.8. The number of hydrogen-bond donors (Lipinski definition) is 1. The zero-order valence-corrected chi connectivity index (χ0v) is 8.25. The van der Waals surface area contributed by atoms with Gasteiger partial charge in [-0.05, 0) is 34.1 Å². The van der Waals surface area contributed by atoms with Crippen LogP contribution in [0.3, 0.4) is 0 Å². The van der Waals surface area contributed by atoms with Crippen molar-refractivity contribution in [3.05, 3.63) is 27.8 Å². The molecule has 0 fully saturated rings. The van der Waals surface area contributed by atoms with E-state index in [1.807, 2.05) is 0 Å². The molecule has 1 aromatic heterocycles. The number of aromatic hydroxyl groups is 1. The van der Waals surface area contributed by atoms with Gasteiger partial charge in [-0.15, -0.1) is 11.3 Å². The van der Waals surface area contributed by atoms with E-state index in [1.54, 1.807) is 6.07 Å². The van der Waals surface area contributed by atoms with Crippen LogP contribution in [-0.2, 0) is 0 Å². The highest BCUT2D eigenvalue weighted by atomic mass is 79.9. The van der Waals surface area contributed by atoms with Crippen LogP contribution in [0.4, 0.5) is 4.39 Å². The number of benzene rings is 1. The third-order valence-corrected chi connectivity index (χ3v) is 3.39. The van der Waals surface area contributed by atoms with Crippen molar-refractivity contribution in [1.82, 2.24) is 0 Å². The van der Waals surface area contributed by atoms with Gasteiger partial charge in [0, 0.05) is 10.1 Å². The predicted molar refractivity (Wildman–Crippen MR) is 51.1 cm³/mol. The van der Waals surface area contributed by atoms with E-state index in [0.29, 0.717) is 9.17 Å². The standard InChI is InChI=1S/C8H4BrFOS/c9-8-7(11)5-3-4(10)1-2-6(5)12-8/h1-3,11H. The van der Waals surface area contributed by atoms with Crippen molar-refractivity contribution in [3.63, 3.8) is 0 Å². The molecule has 0 unspecified atom stereocenters. The summed E-state index contributed by atoms with van der Waals surface area (Å²) >= 11 is 4.57. The van der Waals surface area contributed by atoms with E-state index < -0.39 is 0 Å². The average Bonchev–Trinajstić information content (AvgIpc) is 2.31. The molecule has 1 heterocycles. The van der Waals surface area contributed by atoms with Crippen LogP contribution in [0.2, 0.25) is 0 Å². The van der Waals surface area contributed by atoms with E-state index >= 15 is 0 Å². The van der Waals surface area contributed by atoms with E-state index in [4.69, 9.17) is 0 Å². The summed E-state index contributed by atoms with van der Waals surface area (Å²) in [6.45, 7) is 0. The lowest BCUT2D eigenvalue weighted by molar-refractivity contribution is 0.480. The second kappa shape index (κ2) is 2.71. The van der Waals surface area contributed by atoms with Crippen LogP contribution in [0, 0.1) is 5.82 Å². The fourth-order valence-corrected chi connectivity index (χ4v) is 2.57. The van der Waals surface area contributed by atoms with Crippen molar-refractivity contribution in [2.24, 2.45) is 0 Å². The average molecular weight is 247 g/mol.